The molecule has 0 N–H and O–H groups in total. The third-order valence-electron chi connectivity index (χ3n) is 3.50. The monoisotopic (exact) mass is 306 g/mol. The standard InChI is InChI=1S/C13H11BrN2O2/c14-10-7-15-6-5-11(10)16-12(17)8-3-1-2-4-9(8)13(16)18/h1-2,5-9H,3-4H2. The Bertz CT molecular complexity index is 530. The molecule has 1 saturated heterocycles. The third-order valence-corrected chi connectivity index (χ3v) is 4.11. The Morgan fingerprint density at radius 1 is 1.17 bits per heavy atom. The fourth-order valence-electron chi connectivity index (χ4n) is 2.59. The first-order chi connectivity index (χ1) is 8.70. The second-order valence-electron chi connectivity index (χ2n) is 4.49. The van der Waals surface area contributed by atoms with Crippen LogP contribution in [0.2, 0.25) is 0 Å². The van der Waals surface area contributed by atoms with Crippen molar-refractivity contribution in [3.63, 3.8) is 0 Å². The SMILES string of the molecule is O=C1C2CC=CCC2C(=O)N1c1ccncc1Br. The van der Waals surface area contributed by atoms with Crippen LogP contribution >= 0.6 is 15.9 Å². The zero-order valence-electron chi connectivity index (χ0n) is 9.54. The second-order valence-corrected chi connectivity index (χ2v) is 5.35. The van der Waals surface area contributed by atoms with E-state index < -0.39 is 0 Å². The zero-order valence-corrected chi connectivity index (χ0v) is 11.1. The summed E-state index contributed by atoms with van der Waals surface area (Å²) in [5, 5.41) is 0. The smallest absolute Gasteiger partial charge is 0.238 e. The van der Waals surface area contributed by atoms with E-state index in [1.165, 1.54) is 4.90 Å². The normalized spacial score (nSPS) is 26.6. The number of allylic oxidation sites excluding steroid dienone is 2. The molecule has 18 heavy (non-hydrogen) atoms. The van der Waals surface area contributed by atoms with Gasteiger partial charge in [0, 0.05) is 12.4 Å². The predicted molar refractivity (Wildman–Crippen MR) is 69.8 cm³/mol. The van der Waals surface area contributed by atoms with E-state index in [2.05, 4.69) is 20.9 Å². The molecule has 1 aliphatic heterocycles. The number of hydrogen-bond donors (Lipinski definition) is 0. The summed E-state index contributed by atoms with van der Waals surface area (Å²) in [5.74, 6) is -0.576. The second kappa shape index (κ2) is 4.31. The molecule has 0 spiro atoms. The first-order valence-corrected chi connectivity index (χ1v) is 6.62. The minimum absolute atomic E-state index is 0.0961. The number of imide groups is 1. The van der Waals surface area contributed by atoms with Gasteiger partial charge in [-0.1, -0.05) is 12.2 Å². The number of rotatable bonds is 1. The van der Waals surface area contributed by atoms with Crippen LogP contribution < -0.4 is 4.90 Å². The lowest BCUT2D eigenvalue weighted by atomic mass is 9.85. The van der Waals surface area contributed by atoms with Crippen molar-refractivity contribution in [1.29, 1.82) is 0 Å². The average Bonchev–Trinajstić information content (AvgIpc) is 2.64. The van der Waals surface area contributed by atoms with E-state index in [0.29, 0.717) is 23.0 Å². The molecule has 0 saturated carbocycles. The molecule has 2 aliphatic rings. The van der Waals surface area contributed by atoms with E-state index in [1.807, 2.05) is 12.2 Å². The molecule has 5 heteroatoms. The molecule has 1 aromatic rings. The van der Waals surface area contributed by atoms with Gasteiger partial charge in [0.25, 0.3) is 0 Å². The molecular weight excluding hydrogens is 296 g/mol. The number of carbonyl (C=O) groups is 2. The van der Waals surface area contributed by atoms with Crippen molar-refractivity contribution < 1.29 is 9.59 Å². The van der Waals surface area contributed by atoms with Gasteiger partial charge in [-0.3, -0.25) is 14.6 Å². The fraction of sp³-hybridized carbons (Fsp3) is 0.308. The maximum Gasteiger partial charge on any atom is 0.238 e. The predicted octanol–water partition coefficient (Wildman–Crippen LogP) is 2.30. The lowest BCUT2D eigenvalue weighted by Gasteiger charge is -2.15. The summed E-state index contributed by atoms with van der Waals surface area (Å²) in [6.07, 6.45) is 8.47. The molecule has 2 amide bonds. The molecule has 2 heterocycles. The van der Waals surface area contributed by atoms with E-state index in [0.717, 1.165) is 0 Å². The molecular formula is C13H11BrN2O2. The molecule has 0 aromatic carbocycles. The maximum absolute atomic E-state index is 12.3. The quantitative estimate of drug-likeness (QED) is 0.591. The third kappa shape index (κ3) is 1.61. The van der Waals surface area contributed by atoms with Gasteiger partial charge in [0.2, 0.25) is 11.8 Å². The summed E-state index contributed by atoms with van der Waals surface area (Å²) in [7, 11) is 0. The number of nitrogens with zero attached hydrogens (tertiary/aromatic N) is 2. The summed E-state index contributed by atoms with van der Waals surface area (Å²) in [6, 6.07) is 1.69. The molecule has 1 aromatic heterocycles. The summed E-state index contributed by atoms with van der Waals surface area (Å²) in [6.45, 7) is 0. The number of aromatic nitrogens is 1. The van der Waals surface area contributed by atoms with Gasteiger partial charge >= 0.3 is 0 Å². The highest BCUT2D eigenvalue weighted by molar-refractivity contribution is 9.10. The minimum Gasteiger partial charge on any atom is -0.274 e. The van der Waals surface area contributed by atoms with Gasteiger partial charge in [-0.05, 0) is 34.8 Å². The van der Waals surface area contributed by atoms with Crippen LogP contribution in [-0.2, 0) is 9.59 Å². The Balaban J connectivity index is 2.02. The topological polar surface area (TPSA) is 50.3 Å². The number of fused-ring (bicyclic) bond motifs is 1. The van der Waals surface area contributed by atoms with Crippen LogP contribution in [0.3, 0.4) is 0 Å². The maximum atomic E-state index is 12.3. The fourth-order valence-corrected chi connectivity index (χ4v) is 3.01. The summed E-state index contributed by atoms with van der Waals surface area (Å²) < 4.78 is 0.665. The van der Waals surface area contributed by atoms with Gasteiger partial charge in [0.1, 0.15) is 0 Å². The Labute approximate surface area is 113 Å². The van der Waals surface area contributed by atoms with E-state index in [-0.39, 0.29) is 23.7 Å². The Morgan fingerprint density at radius 3 is 2.33 bits per heavy atom. The van der Waals surface area contributed by atoms with Gasteiger partial charge in [0.15, 0.2) is 0 Å². The molecule has 2 atom stereocenters. The Kier molecular flexibility index (Phi) is 2.78. The Hall–Kier alpha value is -1.49. The first kappa shape index (κ1) is 11.6. The number of carbonyl (C=O) groups excluding carboxylic acids is 2. The summed E-state index contributed by atoms with van der Waals surface area (Å²) in [5.41, 5.74) is 0.592. The van der Waals surface area contributed by atoms with Crippen molar-refractivity contribution in [3.05, 3.63) is 35.1 Å². The Morgan fingerprint density at radius 2 is 1.78 bits per heavy atom. The zero-order chi connectivity index (χ0) is 12.7. The molecule has 0 bridgehead atoms. The van der Waals surface area contributed by atoms with Crippen molar-refractivity contribution in [2.24, 2.45) is 11.8 Å². The molecule has 1 aliphatic carbocycles. The molecule has 2 unspecified atom stereocenters. The van der Waals surface area contributed by atoms with Crippen LogP contribution in [0.4, 0.5) is 5.69 Å². The molecule has 4 nitrogen and oxygen atoms in total. The van der Waals surface area contributed by atoms with E-state index in [1.54, 1.807) is 18.5 Å². The first-order valence-electron chi connectivity index (χ1n) is 5.82. The highest BCUT2D eigenvalue weighted by Gasteiger charge is 2.48. The van der Waals surface area contributed by atoms with Crippen LogP contribution in [0.5, 0.6) is 0 Å². The largest absolute Gasteiger partial charge is 0.274 e. The molecule has 3 rings (SSSR count). The number of pyridine rings is 1. The van der Waals surface area contributed by atoms with E-state index in [4.69, 9.17) is 0 Å². The van der Waals surface area contributed by atoms with E-state index in [9.17, 15) is 9.59 Å². The van der Waals surface area contributed by atoms with Gasteiger partial charge in [0.05, 0.1) is 22.0 Å². The van der Waals surface area contributed by atoms with Gasteiger partial charge in [-0.15, -0.1) is 0 Å². The van der Waals surface area contributed by atoms with Crippen molar-refractivity contribution in [2.45, 2.75) is 12.8 Å². The van der Waals surface area contributed by atoms with Gasteiger partial charge in [-0.2, -0.15) is 0 Å². The van der Waals surface area contributed by atoms with Crippen molar-refractivity contribution in [1.82, 2.24) is 4.98 Å². The number of anilines is 1. The van der Waals surface area contributed by atoms with Crippen LogP contribution in [-0.4, -0.2) is 16.8 Å². The lowest BCUT2D eigenvalue weighted by molar-refractivity contribution is -0.122. The van der Waals surface area contributed by atoms with Crippen molar-refractivity contribution in [2.75, 3.05) is 4.90 Å². The van der Waals surface area contributed by atoms with Gasteiger partial charge in [-0.25, -0.2) is 4.90 Å². The van der Waals surface area contributed by atoms with Crippen molar-refractivity contribution in [3.8, 4) is 0 Å². The highest BCUT2D eigenvalue weighted by Crippen LogP contribution is 2.39. The lowest BCUT2D eigenvalue weighted by Crippen LogP contribution is -2.31. The van der Waals surface area contributed by atoms with Crippen LogP contribution in [0.25, 0.3) is 0 Å². The molecule has 92 valence electrons. The summed E-state index contributed by atoms with van der Waals surface area (Å²) in [4.78, 5) is 29.9. The number of halogens is 1. The van der Waals surface area contributed by atoms with Crippen LogP contribution in [0.1, 0.15) is 12.8 Å². The number of amides is 2. The van der Waals surface area contributed by atoms with E-state index >= 15 is 0 Å². The number of hydrogen-bond acceptors (Lipinski definition) is 3. The van der Waals surface area contributed by atoms with Crippen LogP contribution in [0.15, 0.2) is 35.1 Å². The minimum atomic E-state index is -0.192. The van der Waals surface area contributed by atoms with Crippen LogP contribution in [0, 0.1) is 11.8 Å². The van der Waals surface area contributed by atoms with Gasteiger partial charge < -0.3 is 0 Å². The highest BCUT2D eigenvalue weighted by atomic mass is 79.9. The van der Waals surface area contributed by atoms with Crippen molar-refractivity contribution >= 4 is 33.4 Å². The molecule has 0 radical (unpaired) electrons. The molecule has 1 fully saturated rings. The summed E-state index contributed by atoms with van der Waals surface area (Å²) >= 11 is 3.34. The average molecular weight is 307 g/mol.